The first-order valence-corrected chi connectivity index (χ1v) is 11.4. The second-order valence-electron chi connectivity index (χ2n) is 7.97. The molecular formula is C22H26FN7O2S. The summed E-state index contributed by atoms with van der Waals surface area (Å²) in [5, 5.41) is 17.0. The number of nitrogens with zero attached hydrogens (tertiary/aromatic N) is 5. The highest BCUT2D eigenvalue weighted by molar-refractivity contribution is 7.11. The van der Waals surface area contributed by atoms with Crippen molar-refractivity contribution in [3.05, 3.63) is 44.9 Å². The van der Waals surface area contributed by atoms with E-state index in [4.69, 9.17) is 10.1 Å². The third kappa shape index (κ3) is 4.45. The second kappa shape index (κ2) is 9.26. The van der Waals surface area contributed by atoms with Gasteiger partial charge in [-0.05, 0) is 26.3 Å². The Morgan fingerprint density at radius 1 is 1.39 bits per heavy atom. The number of likely N-dealkylation sites (tertiary alicyclic amines) is 1. The van der Waals surface area contributed by atoms with Crippen molar-refractivity contribution in [2.45, 2.75) is 39.3 Å². The molecule has 2 aromatic rings. The van der Waals surface area contributed by atoms with E-state index in [-0.39, 0.29) is 23.9 Å². The lowest BCUT2D eigenvalue weighted by molar-refractivity contribution is 0.0256. The molecule has 174 valence electrons. The molecule has 0 aliphatic carbocycles. The molecule has 4 rings (SSSR count). The van der Waals surface area contributed by atoms with Crippen LogP contribution in [0.3, 0.4) is 0 Å². The van der Waals surface area contributed by atoms with Gasteiger partial charge >= 0.3 is 6.03 Å². The van der Waals surface area contributed by atoms with Gasteiger partial charge < -0.3 is 20.4 Å². The van der Waals surface area contributed by atoms with Gasteiger partial charge in [-0.15, -0.1) is 11.3 Å². The highest BCUT2D eigenvalue weighted by atomic mass is 32.1. The van der Waals surface area contributed by atoms with Crippen LogP contribution in [0.15, 0.2) is 22.9 Å². The van der Waals surface area contributed by atoms with Crippen molar-refractivity contribution in [1.29, 1.82) is 5.41 Å². The first-order valence-electron chi connectivity index (χ1n) is 10.6. The molecule has 1 unspecified atom stereocenters. The number of amides is 2. The molecule has 2 aromatic heterocycles. The molecule has 2 aliphatic heterocycles. The van der Waals surface area contributed by atoms with E-state index in [0.29, 0.717) is 36.5 Å². The summed E-state index contributed by atoms with van der Waals surface area (Å²) in [6, 6.07) is 1.10. The minimum atomic E-state index is -0.579. The molecule has 0 bridgehead atoms. The van der Waals surface area contributed by atoms with Crippen molar-refractivity contribution in [1.82, 2.24) is 25.2 Å². The molecular weight excluding hydrogens is 445 g/mol. The summed E-state index contributed by atoms with van der Waals surface area (Å²) in [5.74, 6) is -0.515. The molecule has 1 atom stereocenters. The number of carbonyl (C=O) groups excluding carboxylic acids is 1. The van der Waals surface area contributed by atoms with E-state index >= 15 is 0 Å². The summed E-state index contributed by atoms with van der Waals surface area (Å²) in [6.45, 7) is 6.40. The fraction of sp³-hybridized carbons (Fsp3) is 0.409. The highest BCUT2D eigenvalue weighted by Crippen LogP contribution is 2.34. The van der Waals surface area contributed by atoms with Gasteiger partial charge in [-0.1, -0.05) is 0 Å². The van der Waals surface area contributed by atoms with E-state index in [1.165, 1.54) is 17.3 Å². The first kappa shape index (κ1) is 22.8. The summed E-state index contributed by atoms with van der Waals surface area (Å²) in [4.78, 5) is 24.4. The number of urea groups is 1. The van der Waals surface area contributed by atoms with Crippen LogP contribution in [0, 0.1) is 25.1 Å². The van der Waals surface area contributed by atoms with Crippen LogP contribution in [-0.4, -0.2) is 64.6 Å². The Balaban J connectivity index is 1.40. The Morgan fingerprint density at radius 2 is 2.15 bits per heavy atom. The van der Waals surface area contributed by atoms with Crippen molar-refractivity contribution in [2.24, 2.45) is 5.10 Å². The van der Waals surface area contributed by atoms with Crippen LogP contribution in [0.4, 0.5) is 9.18 Å². The summed E-state index contributed by atoms with van der Waals surface area (Å²) in [7, 11) is 1.71. The Morgan fingerprint density at radius 3 is 2.79 bits per heavy atom. The summed E-state index contributed by atoms with van der Waals surface area (Å²) in [6.07, 6.45) is 4.34. The van der Waals surface area contributed by atoms with E-state index in [1.807, 2.05) is 13.8 Å². The van der Waals surface area contributed by atoms with Crippen LogP contribution in [0.25, 0.3) is 5.70 Å². The number of hydrogen-bond donors (Lipinski definition) is 2. The molecule has 1 saturated heterocycles. The zero-order valence-corrected chi connectivity index (χ0v) is 19.7. The van der Waals surface area contributed by atoms with Crippen LogP contribution >= 0.6 is 11.3 Å². The van der Waals surface area contributed by atoms with E-state index < -0.39 is 5.82 Å². The molecule has 1 fully saturated rings. The number of carbonyl (C=O) groups is 1. The fourth-order valence-electron chi connectivity index (χ4n) is 3.68. The molecule has 0 spiro atoms. The number of aromatic nitrogens is 2. The number of thiazole rings is 1. The highest BCUT2D eigenvalue weighted by Gasteiger charge is 2.40. The van der Waals surface area contributed by atoms with E-state index in [0.717, 1.165) is 21.8 Å². The number of halogens is 1. The molecule has 2 amide bonds. The number of hydrogen-bond acceptors (Lipinski definition) is 8. The smallest absolute Gasteiger partial charge is 0.341 e. The Hall–Kier alpha value is -3.34. The average Bonchev–Trinajstić information content (AvgIpc) is 3.38. The maximum Gasteiger partial charge on any atom is 0.341 e. The van der Waals surface area contributed by atoms with Gasteiger partial charge in [0.2, 0.25) is 0 Å². The minimum absolute atomic E-state index is 0.0634. The lowest BCUT2D eigenvalue weighted by Crippen LogP contribution is -2.58. The Labute approximate surface area is 195 Å². The van der Waals surface area contributed by atoms with Gasteiger partial charge in [-0.3, -0.25) is 4.98 Å². The van der Waals surface area contributed by atoms with Crippen LogP contribution in [-0.2, 0) is 0 Å². The number of hydrazone groups is 1. The van der Waals surface area contributed by atoms with Crippen LogP contribution in [0.5, 0.6) is 5.75 Å². The fourth-order valence-corrected chi connectivity index (χ4v) is 4.71. The van der Waals surface area contributed by atoms with Gasteiger partial charge in [0.1, 0.15) is 17.2 Å². The SMILES string of the molecule is CN/C(=C(/C)C=N)c1cc(OC2CN(C(=O)N3N=CCC3c3nc(C)c(C)s3)C2)c(F)cn1. The minimum Gasteiger partial charge on any atom is -0.483 e. The number of nitrogens with one attached hydrogen (secondary N) is 2. The van der Waals surface area contributed by atoms with E-state index in [1.54, 1.807) is 36.4 Å². The number of ether oxygens (including phenoxy) is 1. The van der Waals surface area contributed by atoms with E-state index in [9.17, 15) is 9.18 Å². The maximum atomic E-state index is 14.3. The number of pyridine rings is 1. The maximum absolute atomic E-state index is 14.3. The van der Waals surface area contributed by atoms with Crippen molar-refractivity contribution < 1.29 is 13.9 Å². The number of rotatable bonds is 6. The van der Waals surface area contributed by atoms with Crippen molar-refractivity contribution >= 4 is 35.5 Å². The van der Waals surface area contributed by atoms with E-state index in [2.05, 4.69) is 20.4 Å². The lowest BCUT2D eigenvalue weighted by Gasteiger charge is -2.40. The Kier molecular flexibility index (Phi) is 6.41. The van der Waals surface area contributed by atoms with Gasteiger partial charge in [0.05, 0.1) is 36.4 Å². The molecule has 0 saturated carbocycles. The molecule has 0 aromatic carbocycles. The number of allylic oxidation sites excluding steroid dienone is 1. The lowest BCUT2D eigenvalue weighted by atomic mass is 10.1. The molecule has 4 heterocycles. The standard InChI is InChI=1S/C22H26FN7O2S/c1-12(8-24)20(25-4)17-7-19(16(23)9-26-17)32-15-10-29(11-15)22(31)30-18(5-6-27-30)21-28-13(2)14(3)33-21/h6-9,15,18,24-25H,5,10-11H2,1-4H3/b20-12-,24-8?. The van der Waals surface area contributed by atoms with Crippen LogP contribution < -0.4 is 10.1 Å². The molecule has 0 radical (unpaired) electrons. The monoisotopic (exact) mass is 471 g/mol. The number of aryl methyl sites for hydroxylation is 2. The Bertz CT molecular complexity index is 1120. The second-order valence-corrected chi connectivity index (χ2v) is 9.20. The van der Waals surface area contributed by atoms with Gasteiger partial charge in [0.15, 0.2) is 11.6 Å². The van der Waals surface area contributed by atoms with Gasteiger partial charge in [0, 0.05) is 36.8 Å². The van der Waals surface area contributed by atoms with Crippen molar-refractivity contribution in [2.75, 3.05) is 20.1 Å². The van der Waals surface area contributed by atoms with Crippen LogP contribution in [0.1, 0.15) is 40.7 Å². The summed E-state index contributed by atoms with van der Waals surface area (Å²) in [5.41, 5.74) is 2.73. The first-order chi connectivity index (χ1) is 15.8. The molecule has 2 N–H and O–H groups in total. The van der Waals surface area contributed by atoms with Gasteiger partial charge in [-0.25, -0.2) is 19.2 Å². The average molecular weight is 472 g/mol. The zero-order valence-electron chi connectivity index (χ0n) is 18.9. The zero-order chi connectivity index (χ0) is 23.7. The van der Waals surface area contributed by atoms with Gasteiger partial charge in [-0.2, -0.15) is 5.10 Å². The molecule has 33 heavy (non-hydrogen) atoms. The normalized spacial score (nSPS) is 18.8. The molecule has 9 nitrogen and oxygen atoms in total. The topological polar surface area (TPSA) is 107 Å². The molecule has 2 aliphatic rings. The van der Waals surface area contributed by atoms with Gasteiger partial charge in [0.25, 0.3) is 0 Å². The van der Waals surface area contributed by atoms with Crippen molar-refractivity contribution in [3.8, 4) is 5.75 Å². The predicted octanol–water partition coefficient (Wildman–Crippen LogP) is 3.51. The molecule has 11 heteroatoms. The van der Waals surface area contributed by atoms with Crippen molar-refractivity contribution in [3.63, 3.8) is 0 Å². The quantitative estimate of drug-likeness (QED) is 0.627. The summed E-state index contributed by atoms with van der Waals surface area (Å²) < 4.78 is 20.2. The van der Waals surface area contributed by atoms with Crippen LogP contribution in [0.2, 0.25) is 0 Å². The predicted molar refractivity (Wildman–Crippen MR) is 125 cm³/mol. The largest absolute Gasteiger partial charge is 0.483 e. The third-order valence-electron chi connectivity index (χ3n) is 5.71. The summed E-state index contributed by atoms with van der Waals surface area (Å²) >= 11 is 1.58. The third-order valence-corrected chi connectivity index (χ3v) is 6.88.